The lowest BCUT2D eigenvalue weighted by Gasteiger charge is -2.32. The molecular weight excluding hydrogens is 566 g/mol. The first-order chi connectivity index (χ1) is 19.5. The van der Waals surface area contributed by atoms with Gasteiger partial charge in [0.05, 0.1) is 21.2 Å². The molecule has 3 aromatic carbocycles. The number of rotatable bonds is 10. The standard InChI is InChI=1S/C35H45BCl2O4/c1-23-18-30(37)32(31(38)19-23)40-17-16-39-28-13-10-25(11-14-28)21-26(22-33(3,4)5)29-15-12-27(20-24(29)2)36-41-34(6,7)35(8,9)42-36/h10-15,18-20,26H,16-17,21-22H2,1-9H3. The number of benzene rings is 3. The molecular formula is C35H45BCl2O4. The fraction of sp³-hybridized carbons (Fsp3) is 0.486. The van der Waals surface area contributed by atoms with Crippen LogP contribution in [-0.4, -0.2) is 31.5 Å². The Morgan fingerprint density at radius 1 is 0.810 bits per heavy atom. The van der Waals surface area contributed by atoms with Crippen LogP contribution in [0.25, 0.3) is 0 Å². The molecule has 4 nitrogen and oxygen atoms in total. The van der Waals surface area contributed by atoms with Crippen molar-refractivity contribution in [2.75, 3.05) is 13.2 Å². The minimum Gasteiger partial charge on any atom is -0.490 e. The Balaban J connectivity index is 1.40. The van der Waals surface area contributed by atoms with Crippen molar-refractivity contribution in [3.63, 3.8) is 0 Å². The summed E-state index contributed by atoms with van der Waals surface area (Å²) in [5, 5.41) is 1.01. The number of hydrogen-bond donors (Lipinski definition) is 0. The Labute approximate surface area is 263 Å². The average Bonchev–Trinajstić information content (AvgIpc) is 3.09. The molecule has 1 aliphatic heterocycles. The molecule has 0 amide bonds. The number of aryl methyl sites for hydroxylation is 2. The predicted molar refractivity (Wildman–Crippen MR) is 176 cm³/mol. The van der Waals surface area contributed by atoms with Crippen molar-refractivity contribution in [2.45, 2.75) is 92.3 Å². The topological polar surface area (TPSA) is 36.9 Å². The van der Waals surface area contributed by atoms with Crippen LogP contribution in [0.5, 0.6) is 11.5 Å². The van der Waals surface area contributed by atoms with Crippen LogP contribution in [-0.2, 0) is 15.7 Å². The molecule has 4 rings (SSSR count). The lowest BCUT2D eigenvalue weighted by Crippen LogP contribution is -2.41. The zero-order valence-electron chi connectivity index (χ0n) is 26.6. The molecule has 1 saturated heterocycles. The summed E-state index contributed by atoms with van der Waals surface area (Å²) in [5.41, 5.74) is 5.46. The van der Waals surface area contributed by atoms with Gasteiger partial charge in [0.2, 0.25) is 0 Å². The zero-order valence-corrected chi connectivity index (χ0v) is 28.1. The van der Waals surface area contributed by atoms with Crippen LogP contribution in [0.1, 0.15) is 83.1 Å². The Hall–Kier alpha value is -2.18. The molecule has 7 heteroatoms. The van der Waals surface area contributed by atoms with Gasteiger partial charge in [0, 0.05) is 0 Å². The van der Waals surface area contributed by atoms with Crippen molar-refractivity contribution in [3.05, 3.63) is 86.9 Å². The predicted octanol–water partition coefficient (Wildman–Crippen LogP) is 9.13. The van der Waals surface area contributed by atoms with Gasteiger partial charge < -0.3 is 18.8 Å². The highest BCUT2D eigenvalue weighted by Crippen LogP contribution is 2.38. The monoisotopic (exact) mass is 610 g/mol. The maximum atomic E-state index is 6.31. The molecule has 1 atom stereocenters. The van der Waals surface area contributed by atoms with E-state index in [-0.39, 0.29) is 23.7 Å². The maximum absolute atomic E-state index is 6.31. The summed E-state index contributed by atoms with van der Waals surface area (Å²) in [7, 11) is -0.354. The summed E-state index contributed by atoms with van der Waals surface area (Å²) in [5.74, 6) is 1.67. The first-order valence-corrected chi connectivity index (χ1v) is 15.6. The molecule has 0 saturated carbocycles. The lowest BCUT2D eigenvalue weighted by atomic mass is 9.74. The summed E-state index contributed by atoms with van der Waals surface area (Å²) < 4.78 is 24.3. The molecule has 0 aliphatic carbocycles. The quantitative estimate of drug-likeness (QED) is 0.169. The third-order valence-corrected chi connectivity index (χ3v) is 8.83. The molecule has 226 valence electrons. The molecule has 0 spiro atoms. The maximum Gasteiger partial charge on any atom is 0.494 e. The van der Waals surface area contributed by atoms with Gasteiger partial charge in [-0.05, 0) is 118 Å². The fourth-order valence-corrected chi connectivity index (χ4v) is 6.15. The molecule has 3 aromatic rings. The van der Waals surface area contributed by atoms with E-state index in [0.29, 0.717) is 34.9 Å². The normalized spacial score (nSPS) is 16.9. The van der Waals surface area contributed by atoms with Crippen LogP contribution in [0.4, 0.5) is 0 Å². The van der Waals surface area contributed by atoms with Crippen molar-refractivity contribution in [2.24, 2.45) is 5.41 Å². The van der Waals surface area contributed by atoms with Crippen molar-refractivity contribution in [3.8, 4) is 11.5 Å². The number of ether oxygens (including phenoxy) is 2. The summed E-state index contributed by atoms with van der Waals surface area (Å²) in [6, 6.07) is 18.7. The highest BCUT2D eigenvalue weighted by Gasteiger charge is 2.51. The van der Waals surface area contributed by atoms with Gasteiger partial charge in [0.25, 0.3) is 0 Å². The largest absolute Gasteiger partial charge is 0.494 e. The number of hydrogen-bond acceptors (Lipinski definition) is 4. The third kappa shape index (κ3) is 8.05. The van der Waals surface area contributed by atoms with E-state index in [1.165, 1.54) is 16.7 Å². The molecule has 42 heavy (non-hydrogen) atoms. The van der Waals surface area contributed by atoms with Gasteiger partial charge in [-0.15, -0.1) is 0 Å². The SMILES string of the molecule is Cc1cc(Cl)c(OCCOc2ccc(CC(CC(C)(C)C)c3ccc(B4OC(C)(C)C(C)(C)O4)cc3C)cc2)c(Cl)c1. The van der Waals surface area contributed by atoms with Crippen LogP contribution < -0.4 is 14.9 Å². The third-order valence-electron chi connectivity index (χ3n) is 8.26. The summed E-state index contributed by atoms with van der Waals surface area (Å²) in [6.07, 6.45) is 2.02. The van der Waals surface area contributed by atoms with Crippen molar-refractivity contribution in [1.82, 2.24) is 0 Å². The van der Waals surface area contributed by atoms with Crippen molar-refractivity contribution >= 4 is 35.8 Å². The smallest absolute Gasteiger partial charge is 0.490 e. The second kappa shape index (κ2) is 12.8. The molecule has 1 aliphatic rings. The Morgan fingerprint density at radius 2 is 1.38 bits per heavy atom. The highest BCUT2D eigenvalue weighted by atomic mass is 35.5. The number of halogens is 2. The first kappa shape index (κ1) is 32.7. The van der Waals surface area contributed by atoms with Gasteiger partial charge in [-0.2, -0.15) is 0 Å². The molecule has 1 unspecified atom stereocenters. The van der Waals surface area contributed by atoms with E-state index >= 15 is 0 Å². The zero-order chi connectivity index (χ0) is 30.9. The van der Waals surface area contributed by atoms with Crippen LogP contribution in [0, 0.1) is 19.3 Å². The van der Waals surface area contributed by atoms with Crippen LogP contribution >= 0.6 is 23.2 Å². The molecule has 0 aromatic heterocycles. The fourth-order valence-electron chi connectivity index (χ4n) is 5.45. The lowest BCUT2D eigenvalue weighted by molar-refractivity contribution is 0.00578. The van der Waals surface area contributed by atoms with E-state index < -0.39 is 0 Å². The first-order valence-electron chi connectivity index (χ1n) is 14.8. The van der Waals surface area contributed by atoms with Crippen LogP contribution in [0.2, 0.25) is 10.0 Å². The highest BCUT2D eigenvalue weighted by molar-refractivity contribution is 6.62. The van der Waals surface area contributed by atoms with E-state index in [4.69, 9.17) is 42.0 Å². The van der Waals surface area contributed by atoms with Gasteiger partial charge >= 0.3 is 7.12 Å². The summed E-state index contributed by atoms with van der Waals surface area (Å²) in [6.45, 7) is 20.2. The Kier molecular flexibility index (Phi) is 9.99. The van der Waals surface area contributed by atoms with Gasteiger partial charge in [-0.1, -0.05) is 74.3 Å². The molecule has 1 fully saturated rings. The van der Waals surface area contributed by atoms with Gasteiger partial charge in [-0.3, -0.25) is 0 Å². The van der Waals surface area contributed by atoms with E-state index in [1.54, 1.807) is 0 Å². The van der Waals surface area contributed by atoms with E-state index in [1.807, 2.05) is 31.2 Å². The summed E-state index contributed by atoms with van der Waals surface area (Å²) in [4.78, 5) is 0. The van der Waals surface area contributed by atoms with E-state index in [2.05, 4.69) is 85.7 Å². The molecule has 0 bridgehead atoms. The van der Waals surface area contributed by atoms with Gasteiger partial charge in [0.1, 0.15) is 19.0 Å². The van der Waals surface area contributed by atoms with Crippen molar-refractivity contribution < 1.29 is 18.8 Å². The van der Waals surface area contributed by atoms with Gasteiger partial charge in [-0.25, -0.2) is 0 Å². The van der Waals surface area contributed by atoms with E-state index in [9.17, 15) is 0 Å². The average molecular weight is 611 g/mol. The molecule has 0 radical (unpaired) electrons. The van der Waals surface area contributed by atoms with Gasteiger partial charge in [0.15, 0.2) is 5.75 Å². The molecule has 1 heterocycles. The summed E-state index contributed by atoms with van der Waals surface area (Å²) >= 11 is 12.6. The second-order valence-corrected chi connectivity index (χ2v) is 14.6. The second-order valence-electron chi connectivity index (χ2n) is 13.8. The molecule has 0 N–H and O–H groups in total. The Bertz CT molecular complexity index is 1340. The van der Waals surface area contributed by atoms with E-state index in [0.717, 1.165) is 29.6 Å². The van der Waals surface area contributed by atoms with Crippen LogP contribution in [0.15, 0.2) is 54.6 Å². The van der Waals surface area contributed by atoms with Crippen molar-refractivity contribution in [1.29, 1.82) is 0 Å². The Morgan fingerprint density at radius 3 is 1.93 bits per heavy atom. The minimum atomic E-state index is -0.357. The van der Waals surface area contributed by atoms with Crippen LogP contribution in [0.3, 0.4) is 0 Å². The minimum absolute atomic E-state index is 0.188.